The molecule has 1 saturated carbocycles. The molecule has 2 N–H and O–H groups in total. The molecule has 2 fully saturated rings. The topological polar surface area (TPSA) is 41.1 Å². The Kier molecular flexibility index (Phi) is 3.99. The van der Waals surface area contributed by atoms with Crippen LogP contribution in [0.4, 0.5) is 0 Å². The Morgan fingerprint density at radius 3 is 2.65 bits per heavy atom. The number of hydrogen-bond donors (Lipinski definition) is 2. The highest BCUT2D eigenvalue weighted by Crippen LogP contribution is 2.41. The molecule has 108 valence electrons. The summed E-state index contributed by atoms with van der Waals surface area (Å²) in [6.07, 6.45) is 4.99. The molecule has 0 unspecified atom stereocenters. The van der Waals surface area contributed by atoms with Crippen molar-refractivity contribution in [2.45, 2.75) is 37.6 Å². The zero-order valence-electron chi connectivity index (χ0n) is 11.6. The number of hydrogen-bond acceptors (Lipinski definition) is 2. The second-order valence-corrected chi connectivity index (χ2v) is 6.49. The summed E-state index contributed by atoms with van der Waals surface area (Å²) in [6, 6.07) is 7.89. The van der Waals surface area contributed by atoms with E-state index in [1.807, 2.05) is 24.3 Å². The summed E-state index contributed by atoms with van der Waals surface area (Å²) in [5.74, 6) is 0.686. The van der Waals surface area contributed by atoms with E-state index in [4.69, 9.17) is 11.6 Å². The van der Waals surface area contributed by atoms with Crippen LogP contribution in [0.2, 0.25) is 5.02 Å². The van der Waals surface area contributed by atoms with Crippen molar-refractivity contribution in [1.82, 2.24) is 10.6 Å². The number of benzene rings is 1. The summed E-state index contributed by atoms with van der Waals surface area (Å²) in [4.78, 5) is 12.3. The Balaban J connectivity index is 1.66. The number of carbonyl (C=O) groups excluding carboxylic acids is 1. The summed E-state index contributed by atoms with van der Waals surface area (Å²) < 4.78 is 0. The van der Waals surface area contributed by atoms with E-state index in [9.17, 15) is 4.79 Å². The molecule has 3 rings (SSSR count). The van der Waals surface area contributed by atoms with Crippen LogP contribution in [0.3, 0.4) is 0 Å². The predicted octanol–water partition coefficient (Wildman–Crippen LogP) is 2.84. The Morgan fingerprint density at radius 1 is 1.35 bits per heavy atom. The highest BCUT2D eigenvalue weighted by molar-refractivity contribution is 6.30. The minimum absolute atomic E-state index is 0.145. The molecule has 1 aliphatic carbocycles. The van der Waals surface area contributed by atoms with Crippen LogP contribution in [0, 0.1) is 5.92 Å². The number of rotatable bonds is 4. The first-order chi connectivity index (χ1) is 9.68. The molecule has 0 spiro atoms. The molecule has 0 bridgehead atoms. The Hall–Kier alpha value is -1.06. The van der Waals surface area contributed by atoms with Crippen LogP contribution < -0.4 is 10.6 Å². The molecule has 0 radical (unpaired) electrons. The molecular weight excluding hydrogens is 272 g/mol. The van der Waals surface area contributed by atoms with Crippen LogP contribution in [0.1, 0.15) is 37.7 Å². The molecule has 1 amide bonds. The van der Waals surface area contributed by atoms with Crippen LogP contribution >= 0.6 is 11.6 Å². The number of amides is 1. The molecule has 1 atom stereocenters. The summed E-state index contributed by atoms with van der Waals surface area (Å²) >= 11 is 5.95. The lowest BCUT2D eigenvalue weighted by Gasteiger charge is -2.43. The maximum atomic E-state index is 12.3. The van der Waals surface area contributed by atoms with Crippen molar-refractivity contribution in [1.29, 1.82) is 0 Å². The molecule has 4 heteroatoms. The molecule has 0 aromatic heterocycles. The van der Waals surface area contributed by atoms with Crippen LogP contribution in [0.15, 0.2) is 24.3 Å². The lowest BCUT2D eigenvalue weighted by Crippen LogP contribution is -2.51. The maximum absolute atomic E-state index is 12.3. The van der Waals surface area contributed by atoms with E-state index in [1.165, 1.54) is 12.0 Å². The molecule has 1 saturated heterocycles. The predicted molar refractivity (Wildman–Crippen MR) is 80.7 cm³/mol. The molecule has 2 aliphatic rings. The van der Waals surface area contributed by atoms with Crippen molar-refractivity contribution in [2.75, 3.05) is 13.1 Å². The van der Waals surface area contributed by atoms with Gasteiger partial charge in [0.1, 0.15) is 0 Å². The van der Waals surface area contributed by atoms with E-state index in [1.54, 1.807) is 0 Å². The van der Waals surface area contributed by atoms with Crippen LogP contribution in [-0.4, -0.2) is 19.0 Å². The first-order valence-electron chi connectivity index (χ1n) is 7.46. The Bertz CT molecular complexity index is 476. The van der Waals surface area contributed by atoms with Gasteiger partial charge < -0.3 is 10.6 Å². The fraction of sp³-hybridized carbons (Fsp3) is 0.562. The van der Waals surface area contributed by atoms with Gasteiger partial charge in [-0.05, 0) is 62.4 Å². The minimum Gasteiger partial charge on any atom is -0.347 e. The Morgan fingerprint density at radius 2 is 2.10 bits per heavy atom. The molecule has 1 aromatic rings. The maximum Gasteiger partial charge on any atom is 0.221 e. The van der Waals surface area contributed by atoms with Crippen LogP contribution in [0.25, 0.3) is 0 Å². The monoisotopic (exact) mass is 292 g/mol. The average molecular weight is 293 g/mol. The third-order valence-corrected chi connectivity index (χ3v) is 4.87. The van der Waals surface area contributed by atoms with Gasteiger partial charge in [-0.15, -0.1) is 0 Å². The zero-order chi connectivity index (χ0) is 14.0. The summed E-state index contributed by atoms with van der Waals surface area (Å²) in [6.45, 7) is 2.02. The van der Waals surface area contributed by atoms with Gasteiger partial charge in [0.05, 0.1) is 5.54 Å². The van der Waals surface area contributed by atoms with Crippen LogP contribution in [-0.2, 0) is 10.3 Å². The fourth-order valence-electron chi connectivity index (χ4n) is 3.25. The second-order valence-electron chi connectivity index (χ2n) is 6.05. The van der Waals surface area contributed by atoms with E-state index in [0.717, 1.165) is 37.4 Å². The molecule has 1 aliphatic heterocycles. The van der Waals surface area contributed by atoms with Crippen molar-refractivity contribution in [3.63, 3.8) is 0 Å². The van der Waals surface area contributed by atoms with E-state index in [2.05, 4.69) is 10.6 Å². The van der Waals surface area contributed by atoms with Gasteiger partial charge in [-0.25, -0.2) is 0 Å². The van der Waals surface area contributed by atoms with E-state index >= 15 is 0 Å². The smallest absolute Gasteiger partial charge is 0.221 e. The SMILES string of the molecule is O=C(C[C@@H]1CCNC1)NC1(c2ccc(Cl)cc2)CCC1. The van der Waals surface area contributed by atoms with Gasteiger partial charge in [0.25, 0.3) is 0 Å². The fourth-order valence-corrected chi connectivity index (χ4v) is 3.38. The summed E-state index contributed by atoms with van der Waals surface area (Å²) in [5, 5.41) is 7.34. The first-order valence-corrected chi connectivity index (χ1v) is 7.83. The number of carbonyl (C=O) groups is 1. The minimum atomic E-state index is -0.145. The first kappa shape index (κ1) is 13.9. The van der Waals surface area contributed by atoms with Crippen LogP contribution in [0.5, 0.6) is 0 Å². The van der Waals surface area contributed by atoms with Crippen molar-refractivity contribution in [3.05, 3.63) is 34.9 Å². The number of nitrogens with one attached hydrogen (secondary N) is 2. The van der Waals surface area contributed by atoms with Gasteiger partial charge in [0.2, 0.25) is 5.91 Å². The molecule has 1 heterocycles. The largest absolute Gasteiger partial charge is 0.347 e. The average Bonchev–Trinajstić information content (AvgIpc) is 2.88. The highest BCUT2D eigenvalue weighted by atomic mass is 35.5. The molecule has 1 aromatic carbocycles. The van der Waals surface area contributed by atoms with Crippen molar-refractivity contribution in [3.8, 4) is 0 Å². The quantitative estimate of drug-likeness (QED) is 0.896. The summed E-state index contributed by atoms with van der Waals surface area (Å²) in [7, 11) is 0. The highest BCUT2D eigenvalue weighted by Gasteiger charge is 2.40. The lowest BCUT2D eigenvalue weighted by atomic mass is 9.71. The lowest BCUT2D eigenvalue weighted by molar-refractivity contribution is -0.125. The van der Waals surface area contributed by atoms with Gasteiger partial charge >= 0.3 is 0 Å². The van der Waals surface area contributed by atoms with Gasteiger partial charge in [0, 0.05) is 11.4 Å². The molecule has 3 nitrogen and oxygen atoms in total. The standard InChI is InChI=1S/C16H21ClN2O/c17-14-4-2-13(3-5-14)16(7-1-8-16)19-15(20)10-12-6-9-18-11-12/h2-5,12,18H,1,6-11H2,(H,19,20)/t12-/m0/s1. The second kappa shape index (κ2) is 5.74. The zero-order valence-corrected chi connectivity index (χ0v) is 12.4. The molecule has 20 heavy (non-hydrogen) atoms. The van der Waals surface area contributed by atoms with E-state index < -0.39 is 0 Å². The molecular formula is C16H21ClN2O. The third kappa shape index (κ3) is 2.84. The van der Waals surface area contributed by atoms with Crippen molar-refractivity contribution < 1.29 is 4.79 Å². The normalized spacial score (nSPS) is 24.1. The van der Waals surface area contributed by atoms with Gasteiger partial charge in [-0.1, -0.05) is 23.7 Å². The summed E-state index contributed by atoms with van der Waals surface area (Å²) in [5.41, 5.74) is 1.04. The third-order valence-electron chi connectivity index (χ3n) is 4.62. The van der Waals surface area contributed by atoms with Crippen molar-refractivity contribution >= 4 is 17.5 Å². The van der Waals surface area contributed by atoms with E-state index in [-0.39, 0.29) is 11.4 Å². The number of halogens is 1. The van der Waals surface area contributed by atoms with Gasteiger partial charge in [-0.3, -0.25) is 4.79 Å². The Labute approximate surface area is 125 Å². The van der Waals surface area contributed by atoms with Gasteiger partial charge in [0.15, 0.2) is 0 Å². The van der Waals surface area contributed by atoms with E-state index in [0.29, 0.717) is 12.3 Å². The van der Waals surface area contributed by atoms with Crippen molar-refractivity contribution in [2.24, 2.45) is 5.92 Å². The van der Waals surface area contributed by atoms with Gasteiger partial charge in [-0.2, -0.15) is 0 Å².